The van der Waals surface area contributed by atoms with E-state index in [9.17, 15) is 0 Å². The molecule has 5 heteroatoms. The third kappa shape index (κ3) is 3.32. The van der Waals surface area contributed by atoms with Crippen LogP contribution in [0.2, 0.25) is 0 Å². The molecule has 1 aliphatic rings. The van der Waals surface area contributed by atoms with E-state index < -0.39 is 0 Å². The molecule has 0 bridgehead atoms. The Bertz CT molecular complexity index is 858. The summed E-state index contributed by atoms with van der Waals surface area (Å²) in [6.45, 7) is 3.08. The molecule has 0 fully saturated rings. The first-order valence-electron chi connectivity index (χ1n) is 8.26. The van der Waals surface area contributed by atoms with Gasteiger partial charge in [-0.3, -0.25) is 9.88 Å². The second-order valence-corrected chi connectivity index (χ2v) is 7.20. The Morgan fingerprint density at radius 3 is 3.08 bits per heavy atom. The van der Waals surface area contributed by atoms with Crippen molar-refractivity contribution in [1.82, 2.24) is 14.9 Å². The number of nitrogens with zero attached hydrogens (tertiary/aromatic N) is 3. The average Bonchev–Trinajstić information content (AvgIpc) is 2.86. The molecule has 2 aromatic heterocycles. The normalized spacial score (nSPS) is 15.7. The molecule has 0 amide bonds. The van der Waals surface area contributed by atoms with Gasteiger partial charge in [0, 0.05) is 42.5 Å². The minimum atomic E-state index is 0.708. The van der Waals surface area contributed by atoms with Gasteiger partial charge in [0.2, 0.25) is 0 Å². The third-order valence-electron chi connectivity index (χ3n) is 4.42. The van der Waals surface area contributed by atoms with Gasteiger partial charge in [0.05, 0.1) is 11.2 Å². The molecule has 4 rings (SSSR count). The minimum absolute atomic E-state index is 0.708. The second kappa shape index (κ2) is 6.71. The Hall–Kier alpha value is -2.24. The zero-order chi connectivity index (χ0) is 16.4. The molecule has 3 heterocycles. The summed E-state index contributed by atoms with van der Waals surface area (Å²) in [6.07, 6.45) is 8.33. The van der Waals surface area contributed by atoms with Gasteiger partial charge in [0.15, 0.2) is 5.13 Å². The molecule has 122 valence electrons. The Morgan fingerprint density at radius 1 is 1.21 bits per heavy atom. The third-order valence-corrected chi connectivity index (χ3v) is 5.40. The van der Waals surface area contributed by atoms with Crippen molar-refractivity contribution in [3.8, 4) is 0 Å². The smallest absolute Gasteiger partial charge is 0.180 e. The highest BCUT2D eigenvalue weighted by Gasteiger charge is 2.16. The molecule has 24 heavy (non-hydrogen) atoms. The van der Waals surface area contributed by atoms with E-state index in [1.54, 1.807) is 11.3 Å². The SMILES string of the molecule is Nc1nc2c(s1)CCN(CC=Cc1ccc3ncccc3c1)CC2. The standard InChI is InChI=1S/C19H20N4S/c20-19-22-17-7-11-23(12-8-18(17)24-19)10-2-3-14-5-6-16-15(13-14)4-1-9-21-16/h1-6,9,13H,7-8,10-12H2,(H2,20,22). The summed E-state index contributed by atoms with van der Waals surface area (Å²) >= 11 is 1.64. The van der Waals surface area contributed by atoms with E-state index in [1.807, 2.05) is 12.3 Å². The average molecular weight is 336 g/mol. The number of rotatable bonds is 3. The molecule has 0 atom stereocenters. The first kappa shape index (κ1) is 15.3. The zero-order valence-corrected chi connectivity index (χ0v) is 14.3. The Morgan fingerprint density at radius 2 is 2.12 bits per heavy atom. The lowest BCUT2D eigenvalue weighted by Gasteiger charge is -2.17. The van der Waals surface area contributed by atoms with E-state index in [0.717, 1.165) is 38.0 Å². The topological polar surface area (TPSA) is 55.0 Å². The minimum Gasteiger partial charge on any atom is -0.375 e. The lowest BCUT2D eigenvalue weighted by molar-refractivity contribution is 0.318. The van der Waals surface area contributed by atoms with Crippen molar-refractivity contribution in [2.75, 3.05) is 25.4 Å². The van der Waals surface area contributed by atoms with Gasteiger partial charge in [0.1, 0.15) is 0 Å². The van der Waals surface area contributed by atoms with E-state index in [4.69, 9.17) is 5.73 Å². The quantitative estimate of drug-likeness (QED) is 0.796. The lowest BCUT2D eigenvalue weighted by atomic mass is 10.1. The maximum atomic E-state index is 5.81. The molecular formula is C19H20N4S. The lowest BCUT2D eigenvalue weighted by Crippen LogP contribution is -2.26. The molecule has 0 radical (unpaired) electrons. The molecule has 2 N–H and O–H groups in total. The molecule has 0 unspecified atom stereocenters. The van der Waals surface area contributed by atoms with E-state index >= 15 is 0 Å². The molecule has 0 aliphatic carbocycles. The number of fused-ring (bicyclic) bond motifs is 2. The van der Waals surface area contributed by atoms with Gasteiger partial charge in [-0.2, -0.15) is 0 Å². The molecule has 3 aromatic rings. The summed E-state index contributed by atoms with van der Waals surface area (Å²) in [5.41, 5.74) is 9.27. The highest BCUT2D eigenvalue weighted by atomic mass is 32.1. The Balaban J connectivity index is 1.39. The molecule has 4 nitrogen and oxygen atoms in total. The van der Waals surface area contributed by atoms with Gasteiger partial charge in [-0.1, -0.05) is 24.3 Å². The van der Waals surface area contributed by atoms with Crippen molar-refractivity contribution >= 4 is 33.4 Å². The zero-order valence-electron chi connectivity index (χ0n) is 13.5. The van der Waals surface area contributed by atoms with E-state index in [-0.39, 0.29) is 0 Å². The fourth-order valence-electron chi connectivity index (χ4n) is 3.15. The largest absolute Gasteiger partial charge is 0.375 e. The number of nitrogens with two attached hydrogens (primary N) is 1. The summed E-state index contributed by atoms with van der Waals surface area (Å²) in [5.74, 6) is 0. The summed E-state index contributed by atoms with van der Waals surface area (Å²) < 4.78 is 0. The van der Waals surface area contributed by atoms with Gasteiger partial charge in [-0.25, -0.2) is 4.98 Å². The number of benzene rings is 1. The predicted molar refractivity (Wildman–Crippen MR) is 101 cm³/mol. The van der Waals surface area contributed by atoms with Crippen LogP contribution in [0.4, 0.5) is 5.13 Å². The van der Waals surface area contributed by atoms with Crippen molar-refractivity contribution in [1.29, 1.82) is 0 Å². The van der Waals surface area contributed by atoms with Crippen molar-refractivity contribution in [3.63, 3.8) is 0 Å². The van der Waals surface area contributed by atoms with Gasteiger partial charge in [0.25, 0.3) is 0 Å². The van der Waals surface area contributed by atoms with Crippen molar-refractivity contribution < 1.29 is 0 Å². The van der Waals surface area contributed by atoms with Crippen LogP contribution >= 0.6 is 11.3 Å². The van der Waals surface area contributed by atoms with E-state index in [2.05, 4.69) is 51.3 Å². The maximum absolute atomic E-state index is 5.81. The number of anilines is 1. The van der Waals surface area contributed by atoms with Crippen molar-refractivity contribution in [3.05, 3.63) is 58.7 Å². The van der Waals surface area contributed by atoms with Crippen LogP contribution in [0.15, 0.2) is 42.6 Å². The van der Waals surface area contributed by atoms with Crippen LogP contribution in [0.5, 0.6) is 0 Å². The molecular weight excluding hydrogens is 316 g/mol. The van der Waals surface area contributed by atoms with Crippen molar-refractivity contribution in [2.24, 2.45) is 0 Å². The van der Waals surface area contributed by atoms with Crippen LogP contribution < -0.4 is 5.73 Å². The van der Waals surface area contributed by atoms with Gasteiger partial charge >= 0.3 is 0 Å². The first-order chi connectivity index (χ1) is 11.8. The number of aromatic nitrogens is 2. The number of hydrogen-bond donors (Lipinski definition) is 1. The maximum Gasteiger partial charge on any atom is 0.180 e. The summed E-state index contributed by atoms with van der Waals surface area (Å²) in [7, 11) is 0. The van der Waals surface area contributed by atoms with E-state index in [0.29, 0.717) is 5.13 Å². The highest BCUT2D eigenvalue weighted by Crippen LogP contribution is 2.24. The van der Waals surface area contributed by atoms with Crippen LogP contribution in [0.3, 0.4) is 0 Å². The number of thiazole rings is 1. The van der Waals surface area contributed by atoms with Crippen LogP contribution in [-0.2, 0) is 12.8 Å². The van der Waals surface area contributed by atoms with Crippen LogP contribution in [0, 0.1) is 0 Å². The summed E-state index contributed by atoms with van der Waals surface area (Å²) in [4.78, 5) is 12.6. The summed E-state index contributed by atoms with van der Waals surface area (Å²) in [6, 6.07) is 10.5. The fraction of sp³-hybridized carbons (Fsp3) is 0.263. The second-order valence-electron chi connectivity index (χ2n) is 6.08. The van der Waals surface area contributed by atoms with Crippen LogP contribution in [0.25, 0.3) is 17.0 Å². The van der Waals surface area contributed by atoms with Crippen LogP contribution in [-0.4, -0.2) is 34.5 Å². The van der Waals surface area contributed by atoms with Gasteiger partial charge in [-0.15, -0.1) is 11.3 Å². The molecule has 0 saturated heterocycles. The number of pyridine rings is 1. The van der Waals surface area contributed by atoms with Gasteiger partial charge in [-0.05, 0) is 30.2 Å². The first-order valence-corrected chi connectivity index (χ1v) is 9.07. The number of nitrogen functional groups attached to an aromatic ring is 1. The van der Waals surface area contributed by atoms with Crippen molar-refractivity contribution in [2.45, 2.75) is 12.8 Å². The van der Waals surface area contributed by atoms with E-state index in [1.165, 1.54) is 21.5 Å². The molecule has 0 saturated carbocycles. The Labute approximate surface area is 145 Å². The molecule has 1 aliphatic heterocycles. The monoisotopic (exact) mass is 336 g/mol. The van der Waals surface area contributed by atoms with Gasteiger partial charge < -0.3 is 5.73 Å². The Kier molecular flexibility index (Phi) is 4.28. The molecule has 1 aromatic carbocycles. The summed E-state index contributed by atoms with van der Waals surface area (Å²) in [5, 5.41) is 1.89. The number of hydrogen-bond acceptors (Lipinski definition) is 5. The molecule has 0 spiro atoms. The fourth-order valence-corrected chi connectivity index (χ4v) is 4.01. The van der Waals surface area contributed by atoms with Crippen LogP contribution in [0.1, 0.15) is 16.1 Å². The predicted octanol–water partition coefficient (Wildman–Crippen LogP) is 3.39. The highest BCUT2D eigenvalue weighted by molar-refractivity contribution is 7.15.